The summed E-state index contributed by atoms with van der Waals surface area (Å²) in [5, 5.41) is 13.0. The third-order valence-electron chi connectivity index (χ3n) is 4.49. The monoisotopic (exact) mass is 345 g/mol. The first-order chi connectivity index (χ1) is 12.6. The molecule has 0 radical (unpaired) electrons. The van der Waals surface area contributed by atoms with Crippen molar-refractivity contribution in [3.8, 4) is 0 Å². The number of hydrogen-bond donors (Lipinski definition) is 2. The Bertz CT molecular complexity index is 790. The van der Waals surface area contributed by atoms with Crippen LogP contribution in [0.15, 0.2) is 84.9 Å². The van der Waals surface area contributed by atoms with Crippen LogP contribution >= 0.6 is 0 Å². The van der Waals surface area contributed by atoms with Crippen molar-refractivity contribution < 1.29 is 9.90 Å². The van der Waals surface area contributed by atoms with Crippen LogP contribution in [-0.4, -0.2) is 11.1 Å². The SMILES string of the molecule is Cc1ccc([C@H](CC(=O)O)NC(c2ccccc2)c2ccccc2)cc1. The Labute approximate surface area is 154 Å². The quantitative estimate of drug-likeness (QED) is 0.641. The molecule has 0 fully saturated rings. The van der Waals surface area contributed by atoms with Crippen LogP contribution < -0.4 is 5.32 Å². The fraction of sp³-hybridized carbons (Fsp3) is 0.174. The second-order valence-corrected chi connectivity index (χ2v) is 6.48. The van der Waals surface area contributed by atoms with Crippen molar-refractivity contribution in [2.24, 2.45) is 0 Å². The number of benzene rings is 3. The lowest BCUT2D eigenvalue weighted by Crippen LogP contribution is -2.29. The maximum absolute atomic E-state index is 11.5. The number of rotatable bonds is 7. The molecular formula is C23H23NO2. The first kappa shape index (κ1) is 17.9. The normalized spacial score (nSPS) is 12.1. The van der Waals surface area contributed by atoms with Crippen LogP contribution in [0.1, 0.15) is 40.8 Å². The highest BCUT2D eigenvalue weighted by molar-refractivity contribution is 5.68. The van der Waals surface area contributed by atoms with Crippen molar-refractivity contribution in [1.29, 1.82) is 0 Å². The maximum Gasteiger partial charge on any atom is 0.305 e. The fourth-order valence-electron chi connectivity index (χ4n) is 3.12. The van der Waals surface area contributed by atoms with E-state index in [1.165, 1.54) is 0 Å². The van der Waals surface area contributed by atoms with E-state index in [9.17, 15) is 9.90 Å². The summed E-state index contributed by atoms with van der Waals surface area (Å²) in [6.45, 7) is 2.03. The number of hydrogen-bond acceptors (Lipinski definition) is 2. The summed E-state index contributed by atoms with van der Waals surface area (Å²) in [4.78, 5) is 11.5. The van der Waals surface area contributed by atoms with Gasteiger partial charge in [0.1, 0.15) is 0 Å². The highest BCUT2D eigenvalue weighted by Gasteiger charge is 2.22. The zero-order valence-electron chi connectivity index (χ0n) is 14.8. The minimum atomic E-state index is -0.817. The van der Waals surface area contributed by atoms with Gasteiger partial charge in [-0.05, 0) is 23.6 Å². The largest absolute Gasteiger partial charge is 0.481 e. The highest BCUT2D eigenvalue weighted by Crippen LogP contribution is 2.27. The van der Waals surface area contributed by atoms with E-state index >= 15 is 0 Å². The minimum Gasteiger partial charge on any atom is -0.481 e. The number of aliphatic carboxylic acids is 1. The van der Waals surface area contributed by atoms with Crippen LogP contribution in [0.4, 0.5) is 0 Å². The molecule has 2 N–H and O–H groups in total. The first-order valence-electron chi connectivity index (χ1n) is 8.78. The molecule has 0 aliphatic carbocycles. The molecule has 3 rings (SSSR count). The lowest BCUT2D eigenvalue weighted by Gasteiger charge is -2.26. The summed E-state index contributed by atoms with van der Waals surface area (Å²) >= 11 is 0. The van der Waals surface area contributed by atoms with Crippen molar-refractivity contribution in [2.45, 2.75) is 25.4 Å². The molecule has 0 heterocycles. The van der Waals surface area contributed by atoms with Crippen LogP contribution in [0.2, 0.25) is 0 Å². The van der Waals surface area contributed by atoms with Gasteiger partial charge < -0.3 is 5.11 Å². The maximum atomic E-state index is 11.5. The van der Waals surface area contributed by atoms with E-state index in [1.807, 2.05) is 67.6 Å². The minimum absolute atomic E-state index is 0.0270. The Kier molecular flexibility index (Phi) is 5.82. The highest BCUT2D eigenvalue weighted by atomic mass is 16.4. The number of carboxylic acids is 1. The molecule has 3 nitrogen and oxygen atoms in total. The average Bonchev–Trinajstić information content (AvgIpc) is 2.67. The van der Waals surface area contributed by atoms with Crippen molar-refractivity contribution in [2.75, 3.05) is 0 Å². The molecule has 1 atom stereocenters. The average molecular weight is 345 g/mol. The summed E-state index contributed by atoms with van der Waals surface area (Å²) in [5.41, 5.74) is 4.36. The lowest BCUT2D eigenvalue weighted by atomic mass is 9.95. The first-order valence-corrected chi connectivity index (χ1v) is 8.78. The number of nitrogens with one attached hydrogen (secondary N) is 1. The van der Waals surface area contributed by atoms with Crippen LogP contribution in [0, 0.1) is 6.92 Å². The van der Waals surface area contributed by atoms with Crippen LogP contribution in [-0.2, 0) is 4.79 Å². The Balaban J connectivity index is 1.96. The van der Waals surface area contributed by atoms with Gasteiger partial charge in [0.05, 0.1) is 12.5 Å². The molecule has 0 aliphatic heterocycles. The van der Waals surface area contributed by atoms with Gasteiger partial charge in [-0.15, -0.1) is 0 Å². The van der Waals surface area contributed by atoms with E-state index < -0.39 is 5.97 Å². The molecule has 0 aromatic heterocycles. The molecule has 3 aromatic carbocycles. The molecule has 26 heavy (non-hydrogen) atoms. The molecule has 0 aliphatic rings. The van der Waals surface area contributed by atoms with E-state index in [1.54, 1.807) is 0 Å². The number of carboxylic acid groups (broad SMARTS) is 1. The van der Waals surface area contributed by atoms with E-state index in [4.69, 9.17) is 0 Å². The standard InChI is InChI=1S/C23H23NO2/c1-17-12-14-18(15-13-17)21(16-22(25)26)24-23(19-8-4-2-5-9-19)20-10-6-3-7-11-20/h2-15,21,23-24H,16H2,1H3,(H,25,26)/t21-/m0/s1. The van der Waals surface area contributed by atoms with Gasteiger partial charge >= 0.3 is 5.97 Å². The molecule has 0 saturated carbocycles. The van der Waals surface area contributed by atoms with E-state index in [0.29, 0.717) is 0 Å². The second kappa shape index (κ2) is 8.45. The molecule has 0 saturated heterocycles. The van der Waals surface area contributed by atoms with Crippen molar-refractivity contribution in [1.82, 2.24) is 5.32 Å². The predicted molar refractivity (Wildman–Crippen MR) is 104 cm³/mol. The zero-order chi connectivity index (χ0) is 18.4. The van der Waals surface area contributed by atoms with Crippen molar-refractivity contribution >= 4 is 5.97 Å². The Hall–Kier alpha value is -2.91. The predicted octanol–water partition coefficient (Wildman–Crippen LogP) is 4.89. The molecule has 3 aromatic rings. The van der Waals surface area contributed by atoms with E-state index in [2.05, 4.69) is 29.6 Å². The molecule has 0 unspecified atom stereocenters. The van der Waals surface area contributed by atoms with Crippen molar-refractivity contribution in [3.63, 3.8) is 0 Å². The zero-order valence-corrected chi connectivity index (χ0v) is 14.8. The van der Waals surface area contributed by atoms with E-state index in [-0.39, 0.29) is 18.5 Å². The Morgan fingerprint density at radius 3 is 1.77 bits per heavy atom. The lowest BCUT2D eigenvalue weighted by molar-refractivity contribution is -0.137. The Morgan fingerprint density at radius 1 is 0.808 bits per heavy atom. The van der Waals surface area contributed by atoms with Gasteiger partial charge in [-0.3, -0.25) is 10.1 Å². The van der Waals surface area contributed by atoms with Gasteiger partial charge in [-0.25, -0.2) is 0 Å². The van der Waals surface area contributed by atoms with Gasteiger partial charge in [0, 0.05) is 6.04 Å². The summed E-state index contributed by atoms with van der Waals surface area (Å²) in [5.74, 6) is -0.817. The number of carbonyl (C=O) groups is 1. The summed E-state index contributed by atoms with van der Waals surface area (Å²) < 4.78 is 0. The van der Waals surface area contributed by atoms with Crippen LogP contribution in [0.5, 0.6) is 0 Å². The van der Waals surface area contributed by atoms with Crippen molar-refractivity contribution in [3.05, 3.63) is 107 Å². The topological polar surface area (TPSA) is 49.3 Å². The molecule has 0 amide bonds. The van der Waals surface area contributed by atoms with Crippen LogP contribution in [0.25, 0.3) is 0 Å². The third-order valence-corrected chi connectivity index (χ3v) is 4.49. The van der Waals surface area contributed by atoms with Gasteiger partial charge in [0.2, 0.25) is 0 Å². The summed E-state index contributed by atoms with van der Waals surface area (Å²) in [6, 6.07) is 27.9. The molecule has 0 bridgehead atoms. The van der Waals surface area contributed by atoms with Crippen LogP contribution in [0.3, 0.4) is 0 Å². The van der Waals surface area contributed by atoms with Gasteiger partial charge in [-0.2, -0.15) is 0 Å². The summed E-state index contributed by atoms with van der Waals surface area (Å²) in [6.07, 6.45) is 0.0270. The fourth-order valence-corrected chi connectivity index (χ4v) is 3.12. The van der Waals surface area contributed by atoms with E-state index in [0.717, 1.165) is 22.3 Å². The van der Waals surface area contributed by atoms with Gasteiger partial charge in [0.15, 0.2) is 0 Å². The van der Waals surface area contributed by atoms with Gasteiger partial charge in [-0.1, -0.05) is 90.5 Å². The molecule has 132 valence electrons. The van der Waals surface area contributed by atoms with Gasteiger partial charge in [0.25, 0.3) is 0 Å². The number of aryl methyl sites for hydroxylation is 1. The molecule has 3 heteroatoms. The summed E-state index contributed by atoms with van der Waals surface area (Å²) in [7, 11) is 0. The smallest absolute Gasteiger partial charge is 0.305 e. The second-order valence-electron chi connectivity index (χ2n) is 6.48. The molecular weight excluding hydrogens is 322 g/mol. The Morgan fingerprint density at radius 2 is 1.31 bits per heavy atom. The molecule has 0 spiro atoms. The third kappa shape index (κ3) is 4.58.